The lowest BCUT2D eigenvalue weighted by Crippen LogP contribution is -2.48. The van der Waals surface area contributed by atoms with Gasteiger partial charge in [-0.05, 0) is 35.7 Å². The Labute approximate surface area is 177 Å². The van der Waals surface area contributed by atoms with Crippen LogP contribution in [-0.2, 0) is 13.0 Å². The molecule has 0 unspecified atom stereocenters. The van der Waals surface area contributed by atoms with Crippen LogP contribution in [0.5, 0.6) is 0 Å². The summed E-state index contributed by atoms with van der Waals surface area (Å²) in [4.78, 5) is 24.3. The zero-order valence-electron chi connectivity index (χ0n) is 17.1. The number of anilines is 2. The largest absolute Gasteiger partial charge is 0.336 e. The maximum Gasteiger partial charge on any atom is 0.254 e. The molecule has 1 amide bonds. The Morgan fingerprint density at radius 1 is 0.867 bits per heavy atom. The lowest BCUT2D eigenvalue weighted by molar-refractivity contribution is 0.0628. The van der Waals surface area contributed by atoms with Crippen LogP contribution in [0.3, 0.4) is 0 Å². The number of hydrogen-bond donors (Lipinski definition) is 0. The first-order chi connectivity index (χ1) is 14.8. The first-order valence-electron chi connectivity index (χ1n) is 10.6. The average Bonchev–Trinajstić information content (AvgIpc) is 3.24. The highest BCUT2D eigenvalue weighted by Crippen LogP contribution is 2.33. The zero-order chi connectivity index (χ0) is 20.3. The second-order valence-electron chi connectivity index (χ2n) is 7.99. The van der Waals surface area contributed by atoms with Crippen molar-refractivity contribution in [3.8, 4) is 0 Å². The summed E-state index contributed by atoms with van der Waals surface area (Å²) in [5.74, 6) is 0.957. The standard InChI is InChI=1S/C25H26N4O/c30-25(28-16-14-27(15-17-28)19-20-6-2-1-3-7-20)22-10-12-26-24(18-22)29-13-11-21-8-4-5-9-23(21)29/h1-10,12,18H,11,13-17,19H2. The van der Waals surface area contributed by atoms with E-state index in [9.17, 15) is 4.79 Å². The molecule has 1 aromatic heterocycles. The van der Waals surface area contributed by atoms with E-state index in [4.69, 9.17) is 0 Å². The Hall–Kier alpha value is -3.18. The van der Waals surface area contributed by atoms with Crippen molar-refractivity contribution in [3.63, 3.8) is 0 Å². The molecule has 1 saturated heterocycles. The molecule has 30 heavy (non-hydrogen) atoms. The molecule has 0 aliphatic carbocycles. The zero-order valence-corrected chi connectivity index (χ0v) is 17.1. The van der Waals surface area contributed by atoms with Gasteiger partial charge in [0.25, 0.3) is 5.91 Å². The molecule has 5 nitrogen and oxygen atoms in total. The van der Waals surface area contributed by atoms with Crippen LogP contribution in [0.4, 0.5) is 11.5 Å². The molecule has 1 fully saturated rings. The Morgan fingerprint density at radius 3 is 2.47 bits per heavy atom. The number of piperazine rings is 1. The predicted octanol–water partition coefficient (Wildman–Crippen LogP) is 3.73. The second kappa shape index (κ2) is 8.28. The van der Waals surface area contributed by atoms with Crippen molar-refractivity contribution in [1.29, 1.82) is 0 Å². The molecule has 0 spiro atoms. The minimum Gasteiger partial charge on any atom is -0.336 e. The topological polar surface area (TPSA) is 39.7 Å². The van der Waals surface area contributed by atoms with E-state index in [1.165, 1.54) is 16.8 Å². The second-order valence-corrected chi connectivity index (χ2v) is 7.99. The van der Waals surface area contributed by atoms with Crippen molar-refractivity contribution in [1.82, 2.24) is 14.8 Å². The summed E-state index contributed by atoms with van der Waals surface area (Å²) < 4.78 is 0. The van der Waals surface area contributed by atoms with Gasteiger partial charge < -0.3 is 9.80 Å². The third-order valence-electron chi connectivity index (χ3n) is 6.06. The maximum absolute atomic E-state index is 13.1. The summed E-state index contributed by atoms with van der Waals surface area (Å²) in [6.07, 6.45) is 2.77. The number of carbonyl (C=O) groups excluding carboxylic acids is 1. The number of aromatic nitrogens is 1. The van der Waals surface area contributed by atoms with E-state index in [2.05, 4.69) is 63.3 Å². The van der Waals surface area contributed by atoms with Crippen molar-refractivity contribution < 1.29 is 4.79 Å². The summed E-state index contributed by atoms with van der Waals surface area (Å²) in [6.45, 7) is 5.17. The van der Waals surface area contributed by atoms with Crippen molar-refractivity contribution >= 4 is 17.4 Å². The minimum atomic E-state index is 0.102. The van der Waals surface area contributed by atoms with Gasteiger partial charge in [0.15, 0.2) is 0 Å². The fourth-order valence-electron chi connectivity index (χ4n) is 4.41. The van der Waals surface area contributed by atoms with E-state index in [0.29, 0.717) is 0 Å². The smallest absolute Gasteiger partial charge is 0.254 e. The van der Waals surface area contributed by atoms with E-state index in [0.717, 1.165) is 57.1 Å². The molecule has 2 aliphatic heterocycles. The normalized spacial score (nSPS) is 16.5. The lowest BCUT2D eigenvalue weighted by atomic mass is 10.1. The van der Waals surface area contributed by atoms with E-state index in [-0.39, 0.29) is 5.91 Å². The van der Waals surface area contributed by atoms with E-state index in [1.807, 2.05) is 23.1 Å². The van der Waals surface area contributed by atoms with Gasteiger partial charge in [-0.25, -0.2) is 4.98 Å². The Balaban J connectivity index is 1.25. The van der Waals surface area contributed by atoms with Gasteiger partial charge >= 0.3 is 0 Å². The maximum atomic E-state index is 13.1. The van der Waals surface area contributed by atoms with Gasteiger partial charge in [-0.15, -0.1) is 0 Å². The van der Waals surface area contributed by atoms with Gasteiger partial charge in [0.1, 0.15) is 5.82 Å². The molecular weight excluding hydrogens is 372 g/mol. The quantitative estimate of drug-likeness (QED) is 0.671. The Morgan fingerprint density at radius 2 is 1.63 bits per heavy atom. The van der Waals surface area contributed by atoms with E-state index < -0.39 is 0 Å². The first kappa shape index (κ1) is 18.8. The number of fused-ring (bicyclic) bond motifs is 1. The first-order valence-corrected chi connectivity index (χ1v) is 10.6. The number of carbonyl (C=O) groups is 1. The molecule has 2 aromatic carbocycles. The van der Waals surface area contributed by atoms with Crippen LogP contribution >= 0.6 is 0 Å². The van der Waals surface area contributed by atoms with Crippen LogP contribution in [0.1, 0.15) is 21.5 Å². The summed E-state index contributed by atoms with van der Waals surface area (Å²) in [6, 6.07) is 22.7. The monoisotopic (exact) mass is 398 g/mol. The van der Waals surface area contributed by atoms with Gasteiger partial charge in [-0.1, -0.05) is 48.5 Å². The van der Waals surface area contributed by atoms with E-state index >= 15 is 0 Å². The Bertz CT molecular complexity index is 1030. The van der Waals surface area contributed by atoms with Crippen LogP contribution in [-0.4, -0.2) is 53.4 Å². The van der Waals surface area contributed by atoms with Gasteiger partial charge in [-0.3, -0.25) is 9.69 Å². The van der Waals surface area contributed by atoms with Crippen LogP contribution in [0.15, 0.2) is 72.9 Å². The van der Waals surface area contributed by atoms with Crippen LogP contribution in [0.2, 0.25) is 0 Å². The van der Waals surface area contributed by atoms with Crippen molar-refractivity contribution in [2.45, 2.75) is 13.0 Å². The molecule has 0 atom stereocenters. The summed E-state index contributed by atoms with van der Waals surface area (Å²) in [5, 5.41) is 0. The SMILES string of the molecule is O=C(c1ccnc(N2CCc3ccccc32)c1)N1CCN(Cc2ccccc2)CC1. The van der Waals surface area contributed by atoms with Crippen LogP contribution in [0, 0.1) is 0 Å². The van der Waals surface area contributed by atoms with E-state index in [1.54, 1.807) is 6.20 Å². The third kappa shape index (κ3) is 3.81. The van der Waals surface area contributed by atoms with Crippen molar-refractivity contribution in [3.05, 3.63) is 89.6 Å². The molecule has 0 radical (unpaired) electrons. The highest BCUT2D eigenvalue weighted by atomic mass is 16.2. The fourth-order valence-corrected chi connectivity index (χ4v) is 4.41. The lowest BCUT2D eigenvalue weighted by Gasteiger charge is -2.35. The number of rotatable bonds is 4. The molecule has 0 bridgehead atoms. The average molecular weight is 399 g/mol. The summed E-state index contributed by atoms with van der Waals surface area (Å²) in [7, 11) is 0. The molecule has 5 heteroatoms. The molecule has 2 aliphatic rings. The molecule has 152 valence electrons. The van der Waals surface area contributed by atoms with Crippen molar-refractivity contribution in [2.75, 3.05) is 37.6 Å². The predicted molar refractivity (Wildman–Crippen MR) is 119 cm³/mol. The fraction of sp³-hybridized carbons (Fsp3) is 0.280. The molecule has 0 N–H and O–H groups in total. The number of benzene rings is 2. The Kier molecular flexibility index (Phi) is 5.20. The van der Waals surface area contributed by atoms with Gasteiger partial charge in [0.2, 0.25) is 0 Å². The molecule has 3 aromatic rings. The van der Waals surface area contributed by atoms with Gasteiger partial charge in [0, 0.05) is 56.7 Å². The number of amides is 1. The molecule has 5 rings (SSSR count). The summed E-state index contributed by atoms with van der Waals surface area (Å²) >= 11 is 0. The summed E-state index contributed by atoms with van der Waals surface area (Å²) in [5.41, 5.74) is 4.58. The number of pyridine rings is 1. The molecular formula is C25H26N4O. The molecule has 0 saturated carbocycles. The van der Waals surface area contributed by atoms with Crippen molar-refractivity contribution in [2.24, 2.45) is 0 Å². The van der Waals surface area contributed by atoms with Crippen LogP contribution < -0.4 is 4.90 Å². The number of para-hydroxylation sites is 1. The van der Waals surface area contributed by atoms with Gasteiger partial charge in [0.05, 0.1) is 0 Å². The number of hydrogen-bond acceptors (Lipinski definition) is 4. The minimum absolute atomic E-state index is 0.102. The van der Waals surface area contributed by atoms with Crippen LogP contribution in [0.25, 0.3) is 0 Å². The highest BCUT2D eigenvalue weighted by molar-refractivity contribution is 5.95. The highest BCUT2D eigenvalue weighted by Gasteiger charge is 2.25. The van der Waals surface area contributed by atoms with Gasteiger partial charge in [-0.2, -0.15) is 0 Å². The number of nitrogens with zero attached hydrogens (tertiary/aromatic N) is 4. The third-order valence-corrected chi connectivity index (χ3v) is 6.06. The molecule has 3 heterocycles.